The van der Waals surface area contributed by atoms with Gasteiger partial charge in [-0.2, -0.15) is 0 Å². The van der Waals surface area contributed by atoms with Crippen LogP contribution in [0.1, 0.15) is 30.5 Å². The van der Waals surface area contributed by atoms with E-state index < -0.39 is 79.8 Å². The summed E-state index contributed by atoms with van der Waals surface area (Å²) in [5, 5.41) is 25.1. The molecule has 10 atom stereocenters. The van der Waals surface area contributed by atoms with Gasteiger partial charge in [-0.3, -0.25) is 4.79 Å². The highest BCUT2D eigenvalue weighted by Gasteiger charge is 2.51. The number of hydrogen-bond donors (Lipinski definition) is 2. The summed E-state index contributed by atoms with van der Waals surface area (Å²) in [4.78, 5) is 15.3. The van der Waals surface area contributed by atoms with Crippen molar-refractivity contribution in [1.29, 1.82) is 0 Å². The summed E-state index contributed by atoms with van der Waals surface area (Å²) >= 11 is 0. The molecule has 3 aromatic rings. The molecule has 14 heteroatoms. The Hall–Kier alpha value is -3.92. The van der Waals surface area contributed by atoms with Crippen molar-refractivity contribution < 1.29 is 52.9 Å². The van der Waals surface area contributed by atoms with Gasteiger partial charge in [0.05, 0.1) is 39.0 Å². The normalized spacial score (nSPS) is 29.0. The first kappa shape index (κ1) is 39.3. The number of rotatable bonds is 17. The summed E-state index contributed by atoms with van der Waals surface area (Å²) in [7, 11) is 1.50. The lowest BCUT2D eigenvalue weighted by Crippen LogP contribution is -2.63. The first-order valence-electron chi connectivity index (χ1n) is 17.3. The predicted molar refractivity (Wildman–Crippen MR) is 186 cm³/mol. The van der Waals surface area contributed by atoms with Gasteiger partial charge in [0.25, 0.3) is 0 Å². The van der Waals surface area contributed by atoms with E-state index in [9.17, 15) is 20.5 Å². The molecular weight excluding hydrogens is 674 g/mol. The maximum absolute atomic E-state index is 12.4. The molecule has 0 spiro atoms. The Labute approximate surface area is 303 Å². The van der Waals surface area contributed by atoms with E-state index in [4.69, 9.17) is 37.9 Å². The Morgan fingerprint density at radius 3 is 1.73 bits per heavy atom. The number of carbonyl (C=O) groups is 1. The molecule has 280 valence electrons. The van der Waals surface area contributed by atoms with Crippen LogP contribution in [0.5, 0.6) is 0 Å². The standard InChI is InChI=1S/C38H47N3O11/c1-24(2)36(44)52-32-28(19-42)50-37(30(31(32)43)40-41-39)49-23-29-33(46-20-25-13-7-4-8-14-25)34(47-21-26-15-9-5-10-16-26)35(38(45-3)51-29)48-22-27-17-11-6-12-18-27/h4-18,24,28-35,37-38,42-43H,19-23H2,1-3H3/t28?,29?,30?,31?,32-,33-,34?,35?,37-,38+/m1/s1. The summed E-state index contributed by atoms with van der Waals surface area (Å²) in [6, 6.07) is 27.7. The third-order valence-corrected chi connectivity index (χ3v) is 8.83. The minimum absolute atomic E-state index is 0.203. The topological polar surface area (TPSA) is 180 Å². The van der Waals surface area contributed by atoms with E-state index in [0.29, 0.717) is 0 Å². The van der Waals surface area contributed by atoms with E-state index >= 15 is 0 Å². The lowest BCUT2D eigenvalue weighted by molar-refractivity contribution is -0.334. The zero-order valence-corrected chi connectivity index (χ0v) is 29.5. The van der Waals surface area contributed by atoms with Crippen LogP contribution in [0.2, 0.25) is 0 Å². The van der Waals surface area contributed by atoms with Crippen LogP contribution >= 0.6 is 0 Å². The average molecular weight is 722 g/mol. The van der Waals surface area contributed by atoms with Gasteiger partial charge in [0.2, 0.25) is 0 Å². The van der Waals surface area contributed by atoms with Crippen molar-refractivity contribution in [2.75, 3.05) is 20.3 Å². The molecule has 0 aromatic heterocycles. The SMILES string of the molecule is CO[C@H]1OC(CO[C@@H]2OC(CO)[C@@H](OC(=O)C(C)C)C(O)C2N=[N+]=[N-])[C@@H](OCc2ccccc2)C(OCc2ccccc2)C1OCc1ccccc1. The van der Waals surface area contributed by atoms with Gasteiger partial charge in [-0.1, -0.05) is 110 Å². The minimum atomic E-state index is -1.55. The van der Waals surface area contributed by atoms with E-state index in [1.807, 2.05) is 91.0 Å². The molecule has 0 radical (unpaired) electrons. The highest BCUT2D eigenvalue weighted by atomic mass is 16.7. The number of nitrogens with zero attached hydrogens (tertiary/aromatic N) is 3. The Morgan fingerprint density at radius 2 is 1.25 bits per heavy atom. The van der Waals surface area contributed by atoms with Crippen LogP contribution < -0.4 is 0 Å². The molecule has 2 fully saturated rings. The fraction of sp³-hybridized carbons (Fsp3) is 0.500. The monoisotopic (exact) mass is 721 g/mol. The molecule has 0 bridgehead atoms. The zero-order chi connectivity index (χ0) is 36.9. The van der Waals surface area contributed by atoms with Gasteiger partial charge in [-0.25, -0.2) is 0 Å². The zero-order valence-electron chi connectivity index (χ0n) is 29.5. The van der Waals surface area contributed by atoms with Crippen LogP contribution in [0.3, 0.4) is 0 Å². The van der Waals surface area contributed by atoms with Gasteiger partial charge in [-0.15, -0.1) is 0 Å². The number of methoxy groups -OCH3 is 1. The average Bonchev–Trinajstić information content (AvgIpc) is 3.17. The van der Waals surface area contributed by atoms with Crippen molar-refractivity contribution in [1.82, 2.24) is 0 Å². The van der Waals surface area contributed by atoms with Crippen molar-refractivity contribution in [2.24, 2.45) is 11.0 Å². The van der Waals surface area contributed by atoms with Crippen LogP contribution in [0, 0.1) is 5.92 Å². The van der Waals surface area contributed by atoms with Crippen molar-refractivity contribution in [3.63, 3.8) is 0 Å². The number of benzene rings is 3. The largest absolute Gasteiger partial charge is 0.457 e. The third-order valence-electron chi connectivity index (χ3n) is 8.83. The Bertz CT molecular complexity index is 1550. The van der Waals surface area contributed by atoms with E-state index in [2.05, 4.69) is 10.0 Å². The second-order valence-corrected chi connectivity index (χ2v) is 12.9. The molecule has 2 aliphatic heterocycles. The van der Waals surface area contributed by atoms with Crippen LogP contribution in [0.4, 0.5) is 0 Å². The maximum Gasteiger partial charge on any atom is 0.308 e. The van der Waals surface area contributed by atoms with Crippen molar-refractivity contribution in [3.8, 4) is 0 Å². The molecule has 2 N–H and O–H groups in total. The number of hydrogen-bond acceptors (Lipinski definition) is 12. The number of aliphatic hydroxyl groups is 2. The number of carbonyl (C=O) groups excluding carboxylic acids is 1. The summed E-state index contributed by atoms with van der Waals surface area (Å²) in [5.41, 5.74) is 12.2. The van der Waals surface area contributed by atoms with Gasteiger partial charge in [0.1, 0.15) is 42.7 Å². The van der Waals surface area contributed by atoms with Crippen LogP contribution in [-0.4, -0.2) is 97.9 Å². The third kappa shape index (κ3) is 10.4. The van der Waals surface area contributed by atoms with Crippen molar-refractivity contribution in [2.45, 2.75) is 95.0 Å². The highest BCUT2D eigenvalue weighted by molar-refractivity contribution is 5.71. The van der Waals surface area contributed by atoms with E-state index in [0.717, 1.165) is 16.7 Å². The minimum Gasteiger partial charge on any atom is -0.457 e. The first-order chi connectivity index (χ1) is 25.3. The van der Waals surface area contributed by atoms with Crippen LogP contribution in [0.15, 0.2) is 96.1 Å². The smallest absolute Gasteiger partial charge is 0.308 e. The fourth-order valence-electron chi connectivity index (χ4n) is 6.05. The molecule has 6 unspecified atom stereocenters. The molecule has 2 aliphatic rings. The second-order valence-electron chi connectivity index (χ2n) is 12.9. The molecule has 3 aromatic carbocycles. The number of aliphatic hydroxyl groups excluding tert-OH is 2. The summed E-state index contributed by atoms with van der Waals surface area (Å²) in [5.74, 6) is -1.13. The van der Waals surface area contributed by atoms with Crippen molar-refractivity contribution in [3.05, 3.63) is 118 Å². The Balaban J connectivity index is 1.42. The highest BCUT2D eigenvalue weighted by Crippen LogP contribution is 2.33. The lowest BCUT2D eigenvalue weighted by atomic mass is 9.96. The molecule has 5 rings (SSSR count). The fourth-order valence-corrected chi connectivity index (χ4v) is 6.05. The first-order valence-corrected chi connectivity index (χ1v) is 17.3. The van der Waals surface area contributed by atoms with Crippen LogP contribution in [-0.2, 0) is 62.5 Å². The van der Waals surface area contributed by atoms with E-state index in [1.54, 1.807) is 13.8 Å². The van der Waals surface area contributed by atoms with E-state index in [-0.39, 0.29) is 26.4 Å². The molecule has 52 heavy (non-hydrogen) atoms. The molecule has 0 saturated carbocycles. The van der Waals surface area contributed by atoms with Gasteiger partial charge in [0, 0.05) is 12.0 Å². The van der Waals surface area contributed by atoms with Gasteiger partial charge in [-0.05, 0) is 22.2 Å². The molecule has 0 aliphatic carbocycles. The molecule has 2 heterocycles. The van der Waals surface area contributed by atoms with Crippen LogP contribution in [0.25, 0.3) is 10.4 Å². The Kier molecular flexibility index (Phi) is 15.0. The predicted octanol–water partition coefficient (Wildman–Crippen LogP) is 4.46. The van der Waals surface area contributed by atoms with Crippen molar-refractivity contribution >= 4 is 5.97 Å². The van der Waals surface area contributed by atoms with Gasteiger partial charge in [0.15, 0.2) is 18.7 Å². The maximum atomic E-state index is 12.4. The molecule has 0 amide bonds. The Morgan fingerprint density at radius 1 is 0.750 bits per heavy atom. The van der Waals surface area contributed by atoms with E-state index in [1.165, 1.54) is 7.11 Å². The number of ether oxygens (including phenoxy) is 8. The quantitative estimate of drug-likeness (QED) is 0.0870. The van der Waals surface area contributed by atoms with Gasteiger partial charge < -0.3 is 48.1 Å². The number of azide groups is 1. The molecule has 2 saturated heterocycles. The van der Waals surface area contributed by atoms with Gasteiger partial charge >= 0.3 is 5.97 Å². The second kappa shape index (κ2) is 19.8. The number of esters is 1. The summed E-state index contributed by atoms with van der Waals surface area (Å²) < 4.78 is 49.6. The lowest BCUT2D eigenvalue weighted by Gasteiger charge is -2.46. The summed E-state index contributed by atoms with van der Waals surface area (Å²) in [6.07, 6.45) is -9.44. The molecule has 14 nitrogen and oxygen atoms in total. The summed E-state index contributed by atoms with van der Waals surface area (Å²) in [6.45, 7) is 3.13. The molecular formula is C38H47N3O11.